The van der Waals surface area contributed by atoms with Gasteiger partial charge in [0.1, 0.15) is 5.82 Å². The summed E-state index contributed by atoms with van der Waals surface area (Å²) in [6.45, 7) is 2.06. The molecule has 36 heavy (non-hydrogen) atoms. The lowest BCUT2D eigenvalue weighted by atomic mass is 9.69. The van der Waals surface area contributed by atoms with E-state index in [9.17, 15) is 32.3 Å². The summed E-state index contributed by atoms with van der Waals surface area (Å²) in [5.41, 5.74) is 0.548. The predicted octanol–water partition coefficient (Wildman–Crippen LogP) is 5.39. The molecule has 2 aromatic carbocycles. The molecule has 1 heterocycles. The van der Waals surface area contributed by atoms with Gasteiger partial charge in [-0.3, -0.25) is 9.59 Å². The number of hydrogen-bond acceptors (Lipinski definition) is 3. The smallest absolute Gasteiger partial charge is 0.416 e. The number of anilines is 1. The van der Waals surface area contributed by atoms with Crippen molar-refractivity contribution in [3.8, 4) is 0 Å². The van der Waals surface area contributed by atoms with Crippen LogP contribution in [0.1, 0.15) is 54.2 Å². The van der Waals surface area contributed by atoms with E-state index in [1.54, 1.807) is 0 Å². The van der Waals surface area contributed by atoms with E-state index < -0.39 is 47.0 Å². The summed E-state index contributed by atoms with van der Waals surface area (Å²) in [5.74, 6) is -3.47. The molecule has 0 bridgehead atoms. The van der Waals surface area contributed by atoms with Gasteiger partial charge in [-0.15, -0.1) is 0 Å². The topological polar surface area (TPSA) is 78.4 Å². The molecule has 9 heteroatoms. The fourth-order valence-electron chi connectivity index (χ4n) is 6.34. The van der Waals surface area contributed by atoms with Crippen LogP contribution in [0.4, 0.5) is 23.2 Å². The Morgan fingerprint density at radius 1 is 0.972 bits per heavy atom. The number of rotatable bonds is 5. The van der Waals surface area contributed by atoms with Gasteiger partial charge in [0, 0.05) is 0 Å². The van der Waals surface area contributed by atoms with Gasteiger partial charge in [-0.05, 0) is 85.3 Å². The van der Waals surface area contributed by atoms with Crippen LogP contribution in [-0.4, -0.2) is 30.1 Å². The Morgan fingerprint density at radius 3 is 2.31 bits per heavy atom. The molecule has 0 aromatic heterocycles. The van der Waals surface area contributed by atoms with Crippen molar-refractivity contribution in [2.45, 2.75) is 43.7 Å². The van der Waals surface area contributed by atoms with E-state index in [2.05, 4.69) is 22.8 Å². The second-order valence-electron chi connectivity index (χ2n) is 10.2. The highest BCUT2D eigenvalue weighted by atomic mass is 19.4. The van der Waals surface area contributed by atoms with E-state index in [-0.39, 0.29) is 5.92 Å². The quantitative estimate of drug-likeness (QED) is 0.477. The number of carboxylic acid groups (broad SMARTS) is 1. The zero-order chi connectivity index (χ0) is 25.6. The summed E-state index contributed by atoms with van der Waals surface area (Å²) in [6.07, 6.45) is -2.02. The summed E-state index contributed by atoms with van der Waals surface area (Å²) in [7, 11) is 0. The molecule has 0 unspecified atom stereocenters. The molecule has 3 N–H and O–H groups in total. The molecule has 1 aliphatic heterocycles. The molecule has 3 aliphatic rings. The van der Waals surface area contributed by atoms with E-state index in [1.165, 1.54) is 5.56 Å². The summed E-state index contributed by atoms with van der Waals surface area (Å²) < 4.78 is 52.8. The van der Waals surface area contributed by atoms with Crippen LogP contribution in [0, 0.1) is 29.5 Å². The van der Waals surface area contributed by atoms with Crippen molar-refractivity contribution in [2.75, 3.05) is 18.4 Å². The molecule has 2 aromatic rings. The van der Waals surface area contributed by atoms with Crippen LogP contribution in [0.3, 0.4) is 0 Å². The van der Waals surface area contributed by atoms with Crippen molar-refractivity contribution < 1.29 is 32.3 Å². The molecule has 1 saturated heterocycles. The normalized spacial score (nSPS) is 29.8. The first-order valence-corrected chi connectivity index (χ1v) is 12.4. The van der Waals surface area contributed by atoms with E-state index in [4.69, 9.17) is 0 Å². The maximum atomic E-state index is 14.3. The second kappa shape index (κ2) is 9.50. The lowest BCUT2D eigenvalue weighted by Gasteiger charge is -2.35. The first-order valence-electron chi connectivity index (χ1n) is 12.4. The van der Waals surface area contributed by atoms with E-state index in [0.717, 1.165) is 31.1 Å². The van der Waals surface area contributed by atoms with Gasteiger partial charge in [-0.25, -0.2) is 4.39 Å². The molecule has 192 valence electrons. The molecular weight excluding hydrogens is 476 g/mol. The molecule has 5 nitrogen and oxygen atoms in total. The number of piperidine rings is 1. The number of nitrogens with one attached hydrogen (secondary N) is 2. The molecule has 0 spiro atoms. The van der Waals surface area contributed by atoms with E-state index >= 15 is 0 Å². The summed E-state index contributed by atoms with van der Waals surface area (Å²) in [6, 6.07) is 9.92. The number of halogens is 4. The van der Waals surface area contributed by atoms with Crippen molar-refractivity contribution in [2.24, 2.45) is 23.7 Å². The summed E-state index contributed by atoms with van der Waals surface area (Å²) in [4.78, 5) is 25.3. The lowest BCUT2D eigenvalue weighted by molar-refractivity contribution is -0.148. The number of hydrogen-bond donors (Lipinski definition) is 3. The predicted molar refractivity (Wildman–Crippen MR) is 125 cm³/mol. The van der Waals surface area contributed by atoms with E-state index in [0.29, 0.717) is 49.1 Å². The number of carbonyl (C=O) groups is 2. The fourth-order valence-corrected chi connectivity index (χ4v) is 6.34. The first kappa shape index (κ1) is 24.7. The van der Waals surface area contributed by atoms with Gasteiger partial charge in [0.2, 0.25) is 5.91 Å². The third kappa shape index (κ3) is 4.73. The maximum absolute atomic E-state index is 14.3. The minimum atomic E-state index is -4.71. The number of aliphatic carboxylic acids is 1. The molecule has 5 rings (SSSR count). The van der Waals surface area contributed by atoms with Crippen molar-refractivity contribution in [1.82, 2.24) is 5.32 Å². The molecule has 1 amide bonds. The van der Waals surface area contributed by atoms with Gasteiger partial charge in [-0.1, -0.05) is 30.7 Å². The number of benzene rings is 2. The highest BCUT2D eigenvalue weighted by Crippen LogP contribution is 2.56. The number of fused-ring (bicyclic) bond motifs is 1. The van der Waals surface area contributed by atoms with Gasteiger partial charge in [-0.2, -0.15) is 13.2 Å². The molecular formula is C27H28F4N2O3. The second-order valence-corrected chi connectivity index (χ2v) is 10.2. The number of carbonyl (C=O) groups excluding carboxylic acids is 1. The number of alkyl halides is 3. The van der Waals surface area contributed by atoms with Crippen molar-refractivity contribution in [1.29, 1.82) is 0 Å². The Morgan fingerprint density at radius 2 is 1.69 bits per heavy atom. The number of amides is 1. The Hall–Kier alpha value is -2.94. The van der Waals surface area contributed by atoms with Crippen molar-refractivity contribution in [3.63, 3.8) is 0 Å². The van der Waals surface area contributed by atoms with Gasteiger partial charge < -0.3 is 15.7 Å². The molecule has 2 saturated carbocycles. The van der Waals surface area contributed by atoms with Crippen LogP contribution in [0.25, 0.3) is 0 Å². The summed E-state index contributed by atoms with van der Waals surface area (Å²) >= 11 is 0. The largest absolute Gasteiger partial charge is 0.481 e. The average Bonchev–Trinajstić information content (AvgIpc) is 3.58. The Balaban J connectivity index is 1.32. The Bertz CT molecular complexity index is 1140. The third-order valence-electron chi connectivity index (χ3n) is 8.19. The Kier molecular flexibility index (Phi) is 6.53. The third-order valence-corrected chi connectivity index (χ3v) is 8.19. The van der Waals surface area contributed by atoms with E-state index in [1.807, 2.05) is 12.1 Å². The standard InChI is InChI=1S/C27H28F4N2O3/c28-21-12-16(27(29,30)31)8-9-22(21)33-25(34)19-3-1-2-17(24(19)26(35)36)14-4-6-15(7-5-14)23-18-10-11-32-13-20(18)23/h4-9,12,17-20,23-24,32H,1-3,10-11,13H2,(H,33,34)(H,35,36)/t17-,18-,19-,20+,23+,24-/m1/s1. The van der Waals surface area contributed by atoms with Crippen LogP contribution < -0.4 is 10.6 Å². The van der Waals surface area contributed by atoms with Crippen molar-refractivity contribution in [3.05, 3.63) is 65.0 Å². The van der Waals surface area contributed by atoms with Crippen LogP contribution in [0.5, 0.6) is 0 Å². The minimum absolute atomic E-state index is 0.304. The van der Waals surface area contributed by atoms with Crippen LogP contribution in [0.2, 0.25) is 0 Å². The molecule has 6 atom stereocenters. The molecule has 3 fully saturated rings. The lowest BCUT2D eigenvalue weighted by Crippen LogP contribution is -2.40. The SMILES string of the molecule is O=C(O)[C@@H]1[C@@H](c2ccc([C@H]3[C@@H]4CCNC[C@@H]43)cc2)CCC[C@H]1C(=O)Nc1ccc(C(F)(F)F)cc1F. The zero-order valence-electron chi connectivity index (χ0n) is 19.5. The first-order chi connectivity index (χ1) is 17.1. The monoisotopic (exact) mass is 504 g/mol. The van der Waals surface area contributed by atoms with Crippen LogP contribution >= 0.6 is 0 Å². The van der Waals surface area contributed by atoms with Crippen LogP contribution in [0.15, 0.2) is 42.5 Å². The molecule has 0 radical (unpaired) electrons. The highest BCUT2D eigenvalue weighted by Gasteiger charge is 2.51. The average molecular weight is 505 g/mol. The van der Waals surface area contributed by atoms with Gasteiger partial charge in [0.25, 0.3) is 0 Å². The van der Waals surface area contributed by atoms with Gasteiger partial charge in [0.15, 0.2) is 0 Å². The minimum Gasteiger partial charge on any atom is -0.481 e. The Labute approximate surface area is 206 Å². The zero-order valence-corrected chi connectivity index (χ0v) is 19.5. The molecule has 2 aliphatic carbocycles. The fraction of sp³-hybridized carbons (Fsp3) is 0.481. The van der Waals surface area contributed by atoms with Gasteiger partial charge >= 0.3 is 12.1 Å². The number of carboxylic acids is 1. The van der Waals surface area contributed by atoms with Crippen molar-refractivity contribution >= 4 is 17.6 Å². The van der Waals surface area contributed by atoms with Crippen LogP contribution in [-0.2, 0) is 15.8 Å². The highest BCUT2D eigenvalue weighted by molar-refractivity contribution is 5.95. The maximum Gasteiger partial charge on any atom is 0.416 e. The van der Waals surface area contributed by atoms with Gasteiger partial charge in [0.05, 0.1) is 23.1 Å². The summed E-state index contributed by atoms with van der Waals surface area (Å²) in [5, 5.41) is 15.8.